The van der Waals surface area contributed by atoms with Gasteiger partial charge in [-0.2, -0.15) is 4.98 Å². The summed E-state index contributed by atoms with van der Waals surface area (Å²) < 4.78 is 8.46. The lowest BCUT2D eigenvalue weighted by molar-refractivity contribution is -0.122. The first-order valence-electron chi connectivity index (χ1n) is 10.5. The zero-order valence-corrected chi connectivity index (χ0v) is 18.2. The van der Waals surface area contributed by atoms with E-state index in [0.717, 1.165) is 22.9 Å². The average molecular weight is 422 g/mol. The Bertz CT molecular complexity index is 1310. The van der Waals surface area contributed by atoms with Gasteiger partial charge in [-0.25, -0.2) is 4.98 Å². The molecule has 0 unspecified atom stereocenters. The van der Waals surface area contributed by atoms with Gasteiger partial charge < -0.3 is 14.4 Å². The summed E-state index contributed by atoms with van der Waals surface area (Å²) in [5.41, 5.74) is 2.56. The number of aromatic nitrogens is 5. The van der Waals surface area contributed by atoms with Crippen molar-refractivity contribution in [2.75, 3.05) is 0 Å². The van der Waals surface area contributed by atoms with Crippen molar-refractivity contribution in [3.8, 4) is 0 Å². The Hall–Kier alpha value is -3.49. The zero-order chi connectivity index (χ0) is 22.1. The molecule has 4 aromatic rings. The van der Waals surface area contributed by atoms with Crippen molar-refractivity contribution in [2.45, 2.75) is 59.7 Å². The SMILES string of the molecule is CCCc1noc(Cn2cnc3c4cc(C)ccc4n(CC(=O)NC(C)C)c3c2=O)n1. The average Bonchev–Trinajstić information content (AvgIpc) is 3.26. The Kier molecular flexibility index (Phi) is 5.58. The van der Waals surface area contributed by atoms with E-state index in [1.165, 1.54) is 10.9 Å². The van der Waals surface area contributed by atoms with Gasteiger partial charge in [0.15, 0.2) is 5.82 Å². The van der Waals surface area contributed by atoms with Gasteiger partial charge >= 0.3 is 0 Å². The third kappa shape index (κ3) is 4.08. The number of amides is 1. The molecule has 3 aromatic heterocycles. The van der Waals surface area contributed by atoms with Gasteiger partial charge in [0.1, 0.15) is 24.1 Å². The Morgan fingerprint density at radius 3 is 2.84 bits per heavy atom. The van der Waals surface area contributed by atoms with Gasteiger partial charge in [-0.15, -0.1) is 0 Å². The van der Waals surface area contributed by atoms with Crippen LogP contribution in [0.5, 0.6) is 0 Å². The summed E-state index contributed by atoms with van der Waals surface area (Å²) in [6.45, 7) is 7.98. The smallest absolute Gasteiger partial charge is 0.278 e. The van der Waals surface area contributed by atoms with Gasteiger partial charge in [0.2, 0.25) is 11.8 Å². The summed E-state index contributed by atoms with van der Waals surface area (Å²) >= 11 is 0. The molecule has 4 rings (SSSR count). The fourth-order valence-electron chi connectivity index (χ4n) is 3.73. The van der Waals surface area contributed by atoms with Crippen LogP contribution >= 0.6 is 0 Å². The number of benzene rings is 1. The molecule has 162 valence electrons. The predicted octanol–water partition coefficient (Wildman–Crippen LogP) is 2.57. The molecular formula is C22H26N6O3. The number of hydrogen-bond donors (Lipinski definition) is 1. The minimum atomic E-state index is -0.258. The second-order valence-corrected chi connectivity index (χ2v) is 8.06. The maximum absolute atomic E-state index is 13.4. The lowest BCUT2D eigenvalue weighted by atomic mass is 10.1. The number of carbonyl (C=O) groups excluding carboxylic acids is 1. The summed E-state index contributed by atoms with van der Waals surface area (Å²) in [5, 5.41) is 7.68. The molecule has 31 heavy (non-hydrogen) atoms. The molecule has 0 atom stereocenters. The highest BCUT2D eigenvalue weighted by Crippen LogP contribution is 2.26. The Morgan fingerprint density at radius 1 is 1.29 bits per heavy atom. The van der Waals surface area contributed by atoms with Crippen molar-refractivity contribution in [3.05, 3.63) is 52.2 Å². The summed E-state index contributed by atoms with van der Waals surface area (Å²) in [4.78, 5) is 34.9. The summed E-state index contributed by atoms with van der Waals surface area (Å²) in [7, 11) is 0. The van der Waals surface area contributed by atoms with E-state index in [1.807, 2.05) is 45.9 Å². The van der Waals surface area contributed by atoms with Crippen LogP contribution in [0.25, 0.3) is 21.9 Å². The number of nitrogens with zero attached hydrogens (tertiary/aromatic N) is 5. The monoisotopic (exact) mass is 422 g/mol. The Morgan fingerprint density at radius 2 is 2.10 bits per heavy atom. The maximum Gasteiger partial charge on any atom is 0.278 e. The number of nitrogens with one attached hydrogen (secondary N) is 1. The topological polar surface area (TPSA) is 108 Å². The number of hydrogen-bond acceptors (Lipinski definition) is 6. The molecule has 0 aliphatic carbocycles. The molecule has 1 N–H and O–H groups in total. The zero-order valence-electron chi connectivity index (χ0n) is 18.2. The highest BCUT2D eigenvalue weighted by molar-refractivity contribution is 6.06. The van der Waals surface area contributed by atoms with Gasteiger partial charge in [0.25, 0.3) is 5.56 Å². The highest BCUT2D eigenvalue weighted by Gasteiger charge is 2.19. The van der Waals surface area contributed by atoms with Crippen LogP contribution in [0.4, 0.5) is 0 Å². The fraction of sp³-hybridized carbons (Fsp3) is 0.409. The largest absolute Gasteiger partial charge is 0.352 e. The molecule has 0 fully saturated rings. The van der Waals surface area contributed by atoms with E-state index < -0.39 is 0 Å². The first kappa shape index (κ1) is 20.8. The van der Waals surface area contributed by atoms with Crippen molar-refractivity contribution < 1.29 is 9.32 Å². The van der Waals surface area contributed by atoms with Crippen molar-refractivity contribution in [1.29, 1.82) is 0 Å². The van der Waals surface area contributed by atoms with Crippen molar-refractivity contribution in [2.24, 2.45) is 0 Å². The van der Waals surface area contributed by atoms with Gasteiger partial charge in [-0.1, -0.05) is 23.7 Å². The molecule has 0 aliphatic heterocycles. The van der Waals surface area contributed by atoms with Crippen LogP contribution in [-0.4, -0.2) is 36.2 Å². The van der Waals surface area contributed by atoms with Crippen LogP contribution in [0.1, 0.15) is 44.5 Å². The number of aryl methyl sites for hydroxylation is 2. The standard InChI is InChI=1S/C22H26N6O3/c1-5-6-17-25-19(31-26-17)11-27-12-23-20-15-9-14(4)7-8-16(15)28(21(20)22(27)30)10-18(29)24-13(2)3/h7-9,12-13H,5-6,10-11H2,1-4H3,(H,24,29). The van der Waals surface area contributed by atoms with Crippen molar-refractivity contribution in [1.82, 2.24) is 29.6 Å². The minimum absolute atomic E-state index is 0.00691. The molecular weight excluding hydrogens is 396 g/mol. The van der Waals surface area contributed by atoms with Gasteiger partial charge in [-0.05, 0) is 39.3 Å². The molecule has 0 spiro atoms. The number of carbonyl (C=O) groups is 1. The number of rotatable bonds is 7. The summed E-state index contributed by atoms with van der Waals surface area (Å²) in [5.74, 6) is 0.808. The van der Waals surface area contributed by atoms with Crippen LogP contribution in [0.15, 0.2) is 33.8 Å². The maximum atomic E-state index is 13.4. The van der Waals surface area contributed by atoms with E-state index in [9.17, 15) is 9.59 Å². The van der Waals surface area contributed by atoms with E-state index in [-0.39, 0.29) is 30.6 Å². The summed E-state index contributed by atoms with van der Waals surface area (Å²) in [6, 6.07) is 5.88. The Balaban J connectivity index is 1.83. The first-order valence-corrected chi connectivity index (χ1v) is 10.5. The van der Waals surface area contributed by atoms with Crippen LogP contribution in [0, 0.1) is 6.92 Å². The summed E-state index contributed by atoms with van der Waals surface area (Å²) in [6.07, 6.45) is 3.12. The van der Waals surface area contributed by atoms with Gasteiger partial charge in [-0.3, -0.25) is 14.2 Å². The molecule has 0 saturated carbocycles. The lowest BCUT2D eigenvalue weighted by Crippen LogP contribution is -2.34. The van der Waals surface area contributed by atoms with Crippen LogP contribution in [-0.2, 0) is 24.3 Å². The molecule has 9 heteroatoms. The van der Waals surface area contributed by atoms with Crippen LogP contribution in [0.2, 0.25) is 0 Å². The molecule has 0 saturated heterocycles. The van der Waals surface area contributed by atoms with Crippen LogP contribution < -0.4 is 10.9 Å². The van der Waals surface area contributed by atoms with E-state index in [0.29, 0.717) is 29.2 Å². The van der Waals surface area contributed by atoms with Gasteiger partial charge in [0.05, 0.1) is 11.8 Å². The molecule has 1 amide bonds. The van der Waals surface area contributed by atoms with Crippen LogP contribution in [0.3, 0.4) is 0 Å². The second kappa shape index (κ2) is 8.33. The van der Waals surface area contributed by atoms with Crippen molar-refractivity contribution in [3.63, 3.8) is 0 Å². The van der Waals surface area contributed by atoms with E-state index in [2.05, 4.69) is 20.4 Å². The second-order valence-electron chi connectivity index (χ2n) is 8.06. The Labute approximate surface area is 179 Å². The van der Waals surface area contributed by atoms with E-state index in [1.54, 1.807) is 4.57 Å². The van der Waals surface area contributed by atoms with Gasteiger partial charge in [0, 0.05) is 17.8 Å². The lowest BCUT2D eigenvalue weighted by Gasteiger charge is -2.11. The van der Waals surface area contributed by atoms with E-state index in [4.69, 9.17) is 4.52 Å². The highest BCUT2D eigenvalue weighted by atomic mass is 16.5. The van der Waals surface area contributed by atoms with E-state index >= 15 is 0 Å². The fourth-order valence-corrected chi connectivity index (χ4v) is 3.73. The molecule has 0 aliphatic rings. The van der Waals surface area contributed by atoms with Crippen molar-refractivity contribution >= 4 is 27.8 Å². The third-order valence-corrected chi connectivity index (χ3v) is 5.02. The normalized spacial score (nSPS) is 11.6. The molecule has 3 heterocycles. The minimum Gasteiger partial charge on any atom is -0.352 e. The molecule has 0 bridgehead atoms. The third-order valence-electron chi connectivity index (χ3n) is 5.02. The molecule has 9 nitrogen and oxygen atoms in total. The molecule has 1 aromatic carbocycles. The first-order chi connectivity index (χ1) is 14.9. The quantitative estimate of drug-likeness (QED) is 0.490. The molecule has 0 radical (unpaired) electrons. The predicted molar refractivity (Wildman–Crippen MR) is 117 cm³/mol. The number of fused-ring (bicyclic) bond motifs is 3.